The summed E-state index contributed by atoms with van der Waals surface area (Å²) in [5, 5.41) is 0.723. The van der Waals surface area contributed by atoms with Gasteiger partial charge in [0.25, 0.3) is 11.8 Å². The van der Waals surface area contributed by atoms with Gasteiger partial charge in [-0.2, -0.15) is 0 Å². The number of benzene rings is 2. The molecule has 0 N–H and O–H groups in total. The first kappa shape index (κ1) is 21.9. The lowest BCUT2D eigenvalue weighted by molar-refractivity contribution is -0.120. The van der Waals surface area contributed by atoms with Crippen LogP contribution in [0.1, 0.15) is 23.6 Å². The maximum Gasteiger partial charge on any atom is 0.282 e. The van der Waals surface area contributed by atoms with E-state index in [1.165, 1.54) is 4.90 Å². The highest BCUT2D eigenvalue weighted by Crippen LogP contribution is 2.39. The molecule has 2 aliphatic rings. The average molecular weight is 458 g/mol. The molecule has 1 fully saturated rings. The van der Waals surface area contributed by atoms with Gasteiger partial charge in [-0.1, -0.05) is 48.3 Å². The third-order valence-corrected chi connectivity index (χ3v) is 6.69. The van der Waals surface area contributed by atoms with Gasteiger partial charge < -0.3 is 9.80 Å². The van der Waals surface area contributed by atoms with Crippen LogP contribution in [0.25, 0.3) is 5.57 Å². The van der Waals surface area contributed by atoms with E-state index in [9.17, 15) is 9.59 Å². The molecule has 2 amide bonds. The minimum Gasteiger partial charge on any atom is -0.364 e. The van der Waals surface area contributed by atoms with Crippen molar-refractivity contribution in [1.82, 2.24) is 9.80 Å². The molecule has 0 aliphatic carbocycles. The Labute approximate surface area is 192 Å². The van der Waals surface area contributed by atoms with E-state index < -0.39 is 0 Å². The third-order valence-electron chi connectivity index (χ3n) is 6.14. The number of carbonyl (C=O) groups excluding carboxylic acids is 2. The number of imide groups is 1. The molecule has 0 atom stereocenters. The number of halogens is 2. The molecule has 2 aliphatic heterocycles. The normalized spacial score (nSPS) is 17.8. The zero-order chi connectivity index (χ0) is 22.3. The maximum absolute atomic E-state index is 13.7. The highest BCUT2D eigenvalue weighted by molar-refractivity contribution is 6.47. The highest BCUT2D eigenvalue weighted by atomic mass is 35.5. The Hall–Kier alpha value is -2.34. The van der Waals surface area contributed by atoms with Gasteiger partial charge in [0, 0.05) is 31.2 Å². The molecular weight excluding hydrogens is 433 g/mol. The summed E-state index contributed by atoms with van der Waals surface area (Å²) in [6, 6.07) is 10.7. The van der Waals surface area contributed by atoms with Gasteiger partial charge in [-0.25, -0.2) is 4.90 Å². The summed E-state index contributed by atoms with van der Waals surface area (Å²) < 4.78 is 0. The number of piperazine rings is 1. The van der Waals surface area contributed by atoms with Crippen molar-refractivity contribution < 1.29 is 9.59 Å². The zero-order valence-corrected chi connectivity index (χ0v) is 19.4. The average Bonchev–Trinajstić information content (AvgIpc) is 3.02. The molecule has 0 unspecified atom stereocenters. The number of hydrogen-bond acceptors (Lipinski definition) is 4. The SMILES string of the molecule is CCN1CCN(C2=C(c3ccc(C)c(C)c3)C(=O)N(c3cc(Cl)ccc3Cl)C2=O)CC1. The molecule has 7 heteroatoms. The fourth-order valence-corrected chi connectivity index (χ4v) is 4.50. The van der Waals surface area contributed by atoms with Crippen LogP contribution in [0.5, 0.6) is 0 Å². The van der Waals surface area contributed by atoms with Crippen molar-refractivity contribution in [3.8, 4) is 0 Å². The maximum atomic E-state index is 13.7. The second kappa shape index (κ2) is 8.65. The van der Waals surface area contributed by atoms with Gasteiger partial charge in [-0.15, -0.1) is 0 Å². The number of aryl methyl sites for hydroxylation is 2. The van der Waals surface area contributed by atoms with Crippen molar-refractivity contribution in [1.29, 1.82) is 0 Å². The monoisotopic (exact) mass is 457 g/mol. The Bertz CT molecular complexity index is 1090. The summed E-state index contributed by atoms with van der Waals surface area (Å²) in [5.74, 6) is -0.724. The van der Waals surface area contributed by atoms with Crippen LogP contribution in [0.2, 0.25) is 10.0 Å². The molecule has 2 aromatic rings. The number of likely N-dealkylation sites (N-methyl/N-ethyl adjacent to an activating group) is 1. The molecule has 4 rings (SSSR count). The number of hydrogen-bond donors (Lipinski definition) is 0. The highest BCUT2D eigenvalue weighted by Gasteiger charge is 2.43. The van der Waals surface area contributed by atoms with Crippen molar-refractivity contribution in [2.75, 3.05) is 37.6 Å². The largest absolute Gasteiger partial charge is 0.364 e. The lowest BCUT2D eigenvalue weighted by atomic mass is 9.99. The molecule has 2 aromatic carbocycles. The number of carbonyl (C=O) groups is 2. The Morgan fingerprint density at radius 1 is 0.871 bits per heavy atom. The molecule has 0 spiro atoms. The summed E-state index contributed by atoms with van der Waals surface area (Å²) in [4.78, 5) is 32.9. The number of anilines is 1. The Morgan fingerprint density at radius 3 is 2.23 bits per heavy atom. The van der Waals surface area contributed by atoms with E-state index in [2.05, 4.69) is 11.8 Å². The van der Waals surface area contributed by atoms with Crippen LogP contribution >= 0.6 is 23.2 Å². The molecule has 0 aromatic heterocycles. The van der Waals surface area contributed by atoms with Gasteiger partial charge in [0.2, 0.25) is 0 Å². The topological polar surface area (TPSA) is 43.9 Å². The summed E-state index contributed by atoms with van der Waals surface area (Å²) in [5.41, 5.74) is 4.13. The number of amides is 2. The summed E-state index contributed by atoms with van der Waals surface area (Å²) in [7, 11) is 0. The van der Waals surface area contributed by atoms with Crippen molar-refractivity contribution >= 4 is 46.3 Å². The predicted octanol–water partition coefficient (Wildman–Crippen LogP) is 4.53. The smallest absolute Gasteiger partial charge is 0.282 e. The molecule has 2 heterocycles. The van der Waals surface area contributed by atoms with Crippen LogP contribution in [-0.4, -0.2) is 54.3 Å². The molecule has 162 valence electrons. The van der Waals surface area contributed by atoms with Crippen molar-refractivity contribution in [2.45, 2.75) is 20.8 Å². The van der Waals surface area contributed by atoms with E-state index in [0.29, 0.717) is 40.1 Å². The summed E-state index contributed by atoms with van der Waals surface area (Å²) in [6.07, 6.45) is 0. The Morgan fingerprint density at radius 2 is 1.58 bits per heavy atom. The molecule has 31 heavy (non-hydrogen) atoms. The van der Waals surface area contributed by atoms with Gasteiger partial charge in [0.15, 0.2) is 0 Å². The van der Waals surface area contributed by atoms with Gasteiger partial charge in [0.05, 0.1) is 16.3 Å². The van der Waals surface area contributed by atoms with E-state index in [-0.39, 0.29) is 11.8 Å². The first-order valence-corrected chi connectivity index (χ1v) is 11.2. The first-order valence-electron chi connectivity index (χ1n) is 10.4. The zero-order valence-electron chi connectivity index (χ0n) is 17.9. The van der Waals surface area contributed by atoms with Crippen LogP contribution in [0.15, 0.2) is 42.1 Å². The van der Waals surface area contributed by atoms with Crippen molar-refractivity contribution in [3.63, 3.8) is 0 Å². The molecular formula is C24H25Cl2N3O2. The van der Waals surface area contributed by atoms with Crippen LogP contribution in [0.3, 0.4) is 0 Å². The number of nitrogens with zero attached hydrogens (tertiary/aromatic N) is 3. The van der Waals surface area contributed by atoms with Crippen molar-refractivity contribution in [2.24, 2.45) is 0 Å². The molecule has 1 saturated heterocycles. The van der Waals surface area contributed by atoms with E-state index in [1.807, 2.05) is 36.9 Å². The van der Waals surface area contributed by atoms with Gasteiger partial charge in [0.1, 0.15) is 5.70 Å². The fraction of sp³-hybridized carbons (Fsp3) is 0.333. The third kappa shape index (κ3) is 3.98. The quantitative estimate of drug-likeness (QED) is 0.632. The minimum absolute atomic E-state index is 0.308. The number of rotatable bonds is 4. The van der Waals surface area contributed by atoms with Crippen molar-refractivity contribution in [3.05, 3.63) is 68.8 Å². The van der Waals surface area contributed by atoms with E-state index in [0.717, 1.165) is 36.3 Å². The van der Waals surface area contributed by atoms with E-state index in [4.69, 9.17) is 23.2 Å². The second-order valence-corrected chi connectivity index (χ2v) is 8.83. The molecule has 5 nitrogen and oxygen atoms in total. The molecule has 0 saturated carbocycles. The predicted molar refractivity (Wildman–Crippen MR) is 125 cm³/mol. The summed E-state index contributed by atoms with van der Waals surface area (Å²) in [6.45, 7) is 10.2. The van der Waals surface area contributed by atoms with Gasteiger partial charge in [-0.05, 0) is 55.3 Å². The van der Waals surface area contributed by atoms with Crippen LogP contribution in [0.4, 0.5) is 5.69 Å². The fourth-order valence-electron chi connectivity index (χ4n) is 4.13. The molecule has 0 radical (unpaired) electrons. The van der Waals surface area contributed by atoms with Crippen LogP contribution in [0, 0.1) is 13.8 Å². The standard InChI is InChI=1S/C24H25Cl2N3O2/c1-4-27-9-11-28(12-10-27)22-21(17-6-5-15(2)16(3)13-17)23(30)29(24(22)31)20-14-18(25)7-8-19(20)26/h5-8,13-14H,4,9-12H2,1-3H3. The van der Waals surface area contributed by atoms with E-state index >= 15 is 0 Å². The Kier molecular flexibility index (Phi) is 6.11. The van der Waals surface area contributed by atoms with Crippen LogP contribution in [-0.2, 0) is 9.59 Å². The van der Waals surface area contributed by atoms with Gasteiger partial charge in [-0.3, -0.25) is 9.59 Å². The lowest BCUT2D eigenvalue weighted by Gasteiger charge is -2.36. The Balaban J connectivity index is 1.83. The first-order chi connectivity index (χ1) is 14.8. The van der Waals surface area contributed by atoms with Gasteiger partial charge >= 0.3 is 0 Å². The van der Waals surface area contributed by atoms with E-state index in [1.54, 1.807) is 18.2 Å². The lowest BCUT2D eigenvalue weighted by Crippen LogP contribution is -2.47. The summed E-state index contributed by atoms with van der Waals surface area (Å²) >= 11 is 12.5. The van der Waals surface area contributed by atoms with Crippen LogP contribution < -0.4 is 4.90 Å². The second-order valence-electron chi connectivity index (χ2n) is 7.99. The molecule has 0 bridgehead atoms. The minimum atomic E-state index is -0.370.